The number of amides is 1. The van der Waals surface area contributed by atoms with E-state index in [1.54, 1.807) is 9.35 Å². The van der Waals surface area contributed by atoms with E-state index >= 15 is 0 Å². The third kappa shape index (κ3) is 4.56. The molecule has 0 bridgehead atoms. The summed E-state index contributed by atoms with van der Waals surface area (Å²) in [6.07, 6.45) is 0.689. The first-order valence-corrected chi connectivity index (χ1v) is 9.55. The van der Waals surface area contributed by atoms with Crippen LogP contribution in [0.2, 0.25) is 0 Å². The smallest absolute Gasteiger partial charge is 0.325 e. The number of aryl methyl sites for hydroxylation is 1. The van der Waals surface area contributed by atoms with Crippen molar-refractivity contribution in [3.63, 3.8) is 0 Å². The van der Waals surface area contributed by atoms with Crippen molar-refractivity contribution in [2.45, 2.75) is 31.1 Å². The molecule has 1 N–H and O–H groups in total. The van der Waals surface area contributed by atoms with Crippen LogP contribution in [0.1, 0.15) is 24.7 Å². The lowest BCUT2D eigenvalue weighted by Crippen LogP contribution is -2.19. The van der Waals surface area contributed by atoms with Gasteiger partial charge in [0.15, 0.2) is 5.82 Å². The predicted octanol–water partition coefficient (Wildman–Crippen LogP) is 4.09. The van der Waals surface area contributed by atoms with Crippen molar-refractivity contribution in [1.29, 1.82) is 0 Å². The maximum atomic E-state index is 13.1. The number of para-hydroxylation sites is 1. The van der Waals surface area contributed by atoms with Gasteiger partial charge >= 0.3 is 6.18 Å². The molecule has 3 rings (SSSR count). The first-order chi connectivity index (χ1) is 13.4. The molecule has 1 aromatic carbocycles. The Morgan fingerprint density at radius 1 is 1.14 bits per heavy atom. The lowest BCUT2D eigenvalue weighted by atomic mass is 10.1. The van der Waals surface area contributed by atoms with Crippen molar-refractivity contribution in [3.8, 4) is 0 Å². The maximum Gasteiger partial charge on any atom is 0.418 e. The number of rotatable bonds is 7. The summed E-state index contributed by atoms with van der Waals surface area (Å²) in [5.74, 6) is 0.0855. The molecular weight excluding hydrogens is 391 g/mol. The van der Waals surface area contributed by atoms with Gasteiger partial charge in [0.2, 0.25) is 11.1 Å². The summed E-state index contributed by atoms with van der Waals surface area (Å²) in [7, 11) is 0. The summed E-state index contributed by atoms with van der Waals surface area (Å²) in [5.41, 5.74) is -1.15. The van der Waals surface area contributed by atoms with Crippen LogP contribution in [-0.2, 0) is 17.4 Å². The molecule has 3 aromatic rings. The number of hydrogen-bond acceptors (Lipinski definition) is 4. The number of thioether (sulfide) groups is 1. The molecule has 2 aromatic heterocycles. The second kappa shape index (κ2) is 8.51. The van der Waals surface area contributed by atoms with Gasteiger partial charge in [0.1, 0.15) is 0 Å². The SMILES string of the molecule is CCCc1nnc(SCC(=O)Nc2ccccc2C(F)(F)F)n1-n1cccc1. The molecule has 10 heteroatoms. The molecule has 0 saturated heterocycles. The number of hydrogen-bond donors (Lipinski definition) is 1. The fraction of sp³-hybridized carbons (Fsp3) is 0.278. The number of alkyl halides is 3. The van der Waals surface area contributed by atoms with Crippen molar-refractivity contribution >= 4 is 23.4 Å². The second-order valence-corrected chi connectivity index (χ2v) is 6.85. The molecule has 0 radical (unpaired) electrons. The van der Waals surface area contributed by atoms with E-state index in [4.69, 9.17) is 0 Å². The highest BCUT2D eigenvalue weighted by atomic mass is 32.2. The van der Waals surface area contributed by atoms with Crippen LogP contribution in [0.25, 0.3) is 0 Å². The largest absolute Gasteiger partial charge is 0.418 e. The molecule has 1 amide bonds. The van der Waals surface area contributed by atoms with E-state index in [-0.39, 0.29) is 11.4 Å². The van der Waals surface area contributed by atoms with Gasteiger partial charge in [-0.2, -0.15) is 13.2 Å². The zero-order valence-corrected chi connectivity index (χ0v) is 15.8. The van der Waals surface area contributed by atoms with Gasteiger partial charge < -0.3 is 5.32 Å². The van der Waals surface area contributed by atoms with Crippen LogP contribution < -0.4 is 5.32 Å². The summed E-state index contributed by atoms with van der Waals surface area (Å²) < 4.78 is 42.7. The van der Waals surface area contributed by atoms with Crippen molar-refractivity contribution in [1.82, 2.24) is 19.5 Å². The van der Waals surface area contributed by atoms with E-state index in [2.05, 4.69) is 15.5 Å². The molecule has 0 aliphatic carbocycles. The van der Waals surface area contributed by atoms with Gasteiger partial charge in [-0.25, -0.2) is 4.68 Å². The summed E-state index contributed by atoms with van der Waals surface area (Å²) in [6.45, 7) is 2.02. The van der Waals surface area contributed by atoms with Crippen molar-refractivity contribution < 1.29 is 18.0 Å². The van der Waals surface area contributed by atoms with Gasteiger partial charge in [-0.3, -0.25) is 9.47 Å². The lowest BCUT2D eigenvalue weighted by molar-refractivity contribution is -0.137. The normalized spacial score (nSPS) is 11.6. The van der Waals surface area contributed by atoms with Gasteiger partial charge in [0, 0.05) is 18.8 Å². The van der Waals surface area contributed by atoms with E-state index in [0.717, 1.165) is 30.1 Å². The summed E-state index contributed by atoms with van der Waals surface area (Å²) in [6, 6.07) is 8.59. The highest BCUT2D eigenvalue weighted by Crippen LogP contribution is 2.34. The van der Waals surface area contributed by atoms with Crippen LogP contribution in [0.15, 0.2) is 53.9 Å². The molecule has 6 nitrogen and oxygen atoms in total. The van der Waals surface area contributed by atoms with Crippen LogP contribution in [0.4, 0.5) is 18.9 Å². The average molecular weight is 409 g/mol. The first-order valence-electron chi connectivity index (χ1n) is 8.57. The maximum absolute atomic E-state index is 13.1. The lowest BCUT2D eigenvalue weighted by Gasteiger charge is -2.13. The highest BCUT2D eigenvalue weighted by molar-refractivity contribution is 7.99. The minimum absolute atomic E-state index is 0.0995. The highest BCUT2D eigenvalue weighted by Gasteiger charge is 2.33. The van der Waals surface area contributed by atoms with E-state index in [1.807, 2.05) is 31.5 Å². The number of anilines is 1. The predicted molar refractivity (Wildman–Crippen MR) is 100 cm³/mol. The number of benzene rings is 1. The van der Waals surface area contributed by atoms with E-state index in [1.165, 1.54) is 18.2 Å². The van der Waals surface area contributed by atoms with Crippen LogP contribution >= 0.6 is 11.8 Å². The molecule has 28 heavy (non-hydrogen) atoms. The van der Waals surface area contributed by atoms with E-state index in [0.29, 0.717) is 11.6 Å². The van der Waals surface area contributed by atoms with E-state index in [9.17, 15) is 18.0 Å². The number of aromatic nitrogens is 4. The molecule has 0 atom stereocenters. The van der Waals surface area contributed by atoms with Crippen molar-refractivity contribution in [2.24, 2.45) is 0 Å². The number of carbonyl (C=O) groups is 1. The molecule has 0 aliphatic rings. The Hall–Kier alpha value is -2.75. The molecule has 148 valence electrons. The molecule has 0 spiro atoms. The fourth-order valence-electron chi connectivity index (χ4n) is 2.61. The molecule has 0 aliphatic heterocycles. The Balaban J connectivity index is 1.73. The Bertz CT molecular complexity index is 937. The van der Waals surface area contributed by atoms with Crippen molar-refractivity contribution in [3.05, 3.63) is 60.2 Å². The van der Waals surface area contributed by atoms with Gasteiger partial charge in [-0.05, 0) is 30.7 Å². The third-order valence-corrected chi connectivity index (χ3v) is 4.73. The van der Waals surface area contributed by atoms with Crippen LogP contribution in [0.3, 0.4) is 0 Å². The van der Waals surface area contributed by atoms with Crippen LogP contribution in [-0.4, -0.2) is 31.2 Å². The molecule has 0 fully saturated rings. The zero-order chi connectivity index (χ0) is 20.1. The minimum atomic E-state index is -4.54. The fourth-order valence-corrected chi connectivity index (χ4v) is 3.36. The Kier molecular flexibility index (Phi) is 6.08. The topological polar surface area (TPSA) is 64.7 Å². The number of carbonyl (C=O) groups excluding carboxylic acids is 1. The van der Waals surface area contributed by atoms with Crippen molar-refractivity contribution in [2.75, 3.05) is 11.1 Å². The van der Waals surface area contributed by atoms with Gasteiger partial charge in [-0.15, -0.1) is 10.2 Å². The van der Waals surface area contributed by atoms with Gasteiger partial charge in [0.05, 0.1) is 17.0 Å². The standard InChI is InChI=1S/C18H18F3N5OS/c1-2-7-15-23-24-17(26(15)25-10-5-6-11-25)28-12-16(27)22-14-9-4-3-8-13(14)18(19,20)21/h3-6,8-11H,2,7,12H2,1H3,(H,22,27). The summed E-state index contributed by atoms with van der Waals surface area (Å²) in [4.78, 5) is 12.2. The monoisotopic (exact) mass is 409 g/mol. The van der Waals surface area contributed by atoms with Gasteiger partial charge in [-0.1, -0.05) is 30.8 Å². The number of nitrogens with zero attached hydrogens (tertiary/aromatic N) is 4. The number of halogens is 3. The minimum Gasteiger partial charge on any atom is -0.325 e. The first kappa shape index (κ1) is 20.0. The zero-order valence-electron chi connectivity index (χ0n) is 15.0. The Morgan fingerprint density at radius 3 is 2.54 bits per heavy atom. The summed E-state index contributed by atoms with van der Waals surface area (Å²) in [5, 5.41) is 11.1. The Morgan fingerprint density at radius 2 is 1.86 bits per heavy atom. The average Bonchev–Trinajstić information content (AvgIpc) is 3.29. The molecular formula is C18H18F3N5OS. The van der Waals surface area contributed by atoms with Crippen LogP contribution in [0.5, 0.6) is 0 Å². The molecule has 2 heterocycles. The number of nitrogens with one attached hydrogen (secondary N) is 1. The molecule has 0 unspecified atom stereocenters. The van der Waals surface area contributed by atoms with Gasteiger partial charge in [0.25, 0.3) is 0 Å². The Labute approximate surface area is 163 Å². The van der Waals surface area contributed by atoms with Crippen LogP contribution in [0, 0.1) is 0 Å². The second-order valence-electron chi connectivity index (χ2n) is 5.90. The quantitative estimate of drug-likeness (QED) is 0.597. The molecule has 0 saturated carbocycles. The summed E-state index contributed by atoms with van der Waals surface area (Å²) >= 11 is 1.11. The third-order valence-electron chi connectivity index (χ3n) is 3.81. The van der Waals surface area contributed by atoms with E-state index < -0.39 is 17.6 Å².